The summed E-state index contributed by atoms with van der Waals surface area (Å²) < 4.78 is 67.2. The zero-order valence-corrected chi connectivity index (χ0v) is 16.5. The lowest BCUT2D eigenvalue weighted by molar-refractivity contribution is 0.00761. The number of sulfonamides is 1. The van der Waals surface area contributed by atoms with Gasteiger partial charge in [-0.1, -0.05) is 0 Å². The third-order valence-electron chi connectivity index (χ3n) is 5.65. The molecule has 0 aromatic carbocycles. The van der Waals surface area contributed by atoms with E-state index in [1.54, 1.807) is 0 Å². The van der Waals surface area contributed by atoms with Crippen LogP contribution < -0.4 is 5.32 Å². The largest absolute Gasteiger partial charge is 0.390 e. The fourth-order valence-electron chi connectivity index (χ4n) is 4.07. The minimum Gasteiger partial charge on any atom is -0.390 e. The Kier molecular flexibility index (Phi) is 4.98. The third kappa shape index (κ3) is 4.05. The first-order valence-electron chi connectivity index (χ1n) is 9.35. The number of nitrogens with one attached hydrogen (secondary N) is 1. The van der Waals surface area contributed by atoms with E-state index in [0.717, 1.165) is 6.26 Å². The van der Waals surface area contributed by atoms with Gasteiger partial charge in [0.25, 0.3) is 0 Å². The van der Waals surface area contributed by atoms with Crippen LogP contribution in [0.25, 0.3) is 5.52 Å². The Labute approximate surface area is 165 Å². The maximum absolute atomic E-state index is 14.2. The molecule has 3 heterocycles. The molecule has 2 N–H and O–H groups in total. The molecule has 1 saturated heterocycles. The number of aliphatic hydroxyl groups excluding tert-OH is 1. The lowest BCUT2D eigenvalue weighted by atomic mass is 10.0. The summed E-state index contributed by atoms with van der Waals surface area (Å²) in [5, 5.41) is 17.5. The molecule has 1 unspecified atom stereocenters. The van der Waals surface area contributed by atoms with E-state index >= 15 is 0 Å². The van der Waals surface area contributed by atoms with E-state index in [2.05, 4.69) is 15.4 Å². The molecular weight excluding hydrogens is 411 g/mol. The number of rotatable bonds is 4. The second-order valence-electron chi connectivity index (χ2n) is 7.82. The molecule has 0 radical (unpaired) electrons. The van der Waals surface area contributed by atoms with E-state index in [-0.39, 0.29) is 43.8 Å². The SMILES string of the molecule is CS(=O)(=O)N1CC[C@@H](Nc2ncc3c(F)cc(C4CCC(F)(F)C4)n3n2)[C@H](O)C1. The van der Waals surface area contributed by atoms with Gasteiger partial charge >= 0.3 is 0 Å². The highest BCUT2D eigenvalue weighted by Gasteiger charge is 2.41. The van der Waals surface area contributed by atoms with Gasteiger partial charge in [-0.05, 0) is 18.9 Å². The highest BCUT2D eigenvalue weighted by Crippen LogP contribution is 2.44. The molecule has 29 heavy (non-hydrogen) atoms. The van der Waals surface area contributed by atoms with Gasteiger partial charge in [-0.2, -0.15) is 4.31 Å². The van der Waals surface area contributed by atoms with Crippen molar-refractivity contribution in [3.63, 3.8) is 0 Å². The van der Waals surface area contributed by atoms with E-state index in [9.17, 15) is 26.7 Å². The van der Waals surface area contributed by atoms with Crippen molar-refractivity contribution in [3.05, 3.63) is 23.8 Å². The Balaban J connectivity index is 1.56. The molecule has 8 nitrogen and oxygen atoms in total. The van der Waals surface area contributed by atoms with Crippen LogP contribution in [0.15, 0.2) is 12.3 Å². The maximum Gasteiger partial charge on any atom is 0.248 e. The number of hydrogen-bond donors (Lipinski definition) is 2. The zero-order valence-electron chi connectivity index (χ0n) is 15.7. The van der Waals surface area contributed by atoms with Gasteiger partial charge < -0.3 is 10.4 Å². The summed E-state index contributed by atoms with van der Waals surface area (Å²) in [6.45, 7) is 0.176. The van der Waals surface area contributed by atoms with Crippen LogP contribution in [0, 0.1) is 5.82 Å². The standard InChI is InChI=1S/C17H22F3N5O3S/c1-29(27,28)24-5-3-12(15(26)9-24)22-16-21-8-14-11(18)6-13(25(14)23-16)10-2-4-17(19,20)7-10/h6,8,10,12,15,26H,2-5,7,9H2,1H3,(H,22,23)/t10?,12-,15-/m1/s1. The highest BCUT2D eigenvalue weighted by atomic mass is 32.2. The number of β-amino-alcohol motifs (C(OH)–C–C–N with tert-alkyl or cyclic N) is 1. The minimum atomic E-state index is -3.40. The van der Waals surface area contributed by atoms with Crippen molar-refractivity contribution in [1.82, 2.24) is 18.9 Å². The molecule has 1 aliphatic carbocycles. The van der Waals surface area contributed by atoms with Crippen LogP contribution in [0.3, 0.4) is 0 Å². The molecule has 0 amide bonds. The Morgan fingerprint density at radius 2 is 2.10 bits per heavy atom. The Morgan fingerprint density at radius 1 is 1.34 bits per heavy atom. The van der Waals surface area contributed by atoms with E-state index in [1.165, 1.54) is 21.1 Å². The van der Waals surface area contributed by atoms with Crippen LogP contribution in [0.2, 0.25) is 0 Å². The first-order chi connectivity index (χ1) is 13.5. The number of anilines is 1. The summed E-state index contributed by atoms with van der Waals surface area (Å²) in [4.78, 5) is 4.06. The molecule has 2 aromatic rings. The molecular formula is C17H22F3N5O3S. The third-order valence-corrected chi connectivity index (χ3v) is 6.92. The number of halogens is 3. The van der Waals surface area contributed by atoms with Gasteiger partial charge in [0.1, 0.15) is 5.52 Å². The van der Waals surface area contributed by atoms with Crippen molar-refractivity contribution in [3.8, 4) is 0 Å². The maximum atomic E-state index is 14.2. The van der Waals surface area contributed by atoms with Crippen molar-refractivity contribution in [2.45, 2.75) is 49.7 Å². The highest BCUT2D eigenvalue weighted by molar-refractivity contribution is 7.88. The van der Waals surface area contributed by atoms with Gasteiger partial charge in [-0.3, -0.25) is 0 Å². The van der Waals surface area contributed by atoms with Crippen LogP contribution in [-0.4, -0.2) is 69.8 Å². The van der Waals surface area contributed by atoms with Gasteiger partial charge in [0.2, 0.25) is 21.9 Å². The first kappa shape index (κ1) is 20.4. The topological polar surface area (TPSA) is 99.8 Å². The van der Waals surface area contributed by atoms with Crippen molar-refractivity contribution in [2.75, 3.05) is 24.7 Å². The molecule has 2 aromatic heterocycles. The van der Waals surface area contributed by atoms with Gasteiger partial charge in [0.05, 0.1) is 24.6 Å². The van der Waals surface area contributed by atoms with Gasteiger partial charge in [0, 0.05) is 37.5 Å². The smallest absolute Gasteiger partial charge is 0.248 e. The molecule has 160 valence electrons. The van der Waals surface area contributed by atoms with E-state index < -0.39 is 39.8 Å². The Hall–Kier alpha value is -1.92. The number of alkyl halides is 2. The van der Waals surface area contributed by atoms with Crippen LogP contribution >= 0.6 is 0 Å². The summed E-state index contributed by atoms with van der Waals surface area (Å²) in [6, 6.07) is 0.726. The van der Waals surface area contributed by atoms with Crippen LogP contribution in [0.1, 0.15) is 37.3 Å². The molecule has 2 aliphatic rings. The summed E-state index contributed by atoms with van der Waals surface area (Å²) in [7, 11) is -3.40. The normalized spacial score (nSPS) is 28.1. The average molecular weight is 433 g/mol. The Bertz CT molecular complexity index is 1030. The number of piperidine rings is 1. The fraction of sp³-hybridized carbons (Fsp3) is 0.647. The summed E-state index contributed by atoms with van der Waals surface area (Å²) in [5.74, 6) is -3.75. The molecule has 3 atom stereocenters. The zero-order chi connectivity index (χ0) is 21.0. The van der Waals surface area contributed by atoms with Crippen LogP contribution in [0.4, 0.5) is 19.1 Å². The number of hydrogen-bond acceptors (Lipinski definition) is 6. The number of nitrogens with zero attached hydrogens (tertiary/aromatic N) is 4. The van der Waals surface area contributed by atoms with Crippen LogP contribution in [0.5, 0.6) is 0 Å². The van der Waals surface area contributed by atoms with Gasteiger partial charge in [-0.25, -0.2) is 31.1 Å². The lowest BCUT2D eigenvalue weighted by Gasteiger charge is -2.34. The van der Waals surface area contributed by atoms with Crippen molar-refractivity contribution < 1.29 is 26.7 Å². The second kappa shape index (κ2) is 7.10. The van der Waals surface area contributed by atoms with Crippen molar-refractivity contribution in [1.29, 1.82) is 0 Å². The molecule has 2 fully saturated rings. The van der Waals surface area contributed by atoms with Gasteiger partial charge in [-0.15, -0.1) is 5.10 Å². The molecule has 0 spiro atoms. The van der Waals surface area contributed by atoms with Crippen molar-refractivity contribution in [2.24, 2.45) is 0 Å². The average Bonchev–Trinajstić information content (AvgIpc) is 3.15. The summed E-state index contributed by atoms with van der Waals surface area (Å²) in [5.41, 5.74) is 0.459. The van der Waals surface area contributed by atoms with Crippen LogP contribution in [-0.2, 0) is 10.0 Å². The van der Waals surface area contributed by atoms with Gasteiger partial charge in [0.15, 0.2) is 5.82 Å². The second-order valence-corrected chi connectivity index (χ2v) is 9.80. The minimum absolute atomic E-state index is 0.0563. The predicted molar refractivity (Wildman–Crippen MR) is 98.9 cm³/mol. The number of aliphatic hydroxyl groups is 1. The monoisotopic (exact) mass is 433 g/mol. The fourth-order valence-corrected chi connectivity index (χ4v) is 4.93. The quantitative estimate of drug-likeness (QED) is 0.760. The lowest BCUT2D eigenvalue weighted by Crippen LogP contribution is -2.51. The Morgan fingerprint density at radius 3 is 2.72 bits per heavy atom. The molecule has 0 bridgehead atoms. The molecule has 1 saturated carbocycles. The summed E-state index contributed by atoms with van der Waals surface area (Å²) in [6.07, 6.45) is 1.35. The van der Waals surface area contributed by atoms with E-state index in [1.807, 2.05) is 0 Å². The number of aromatic nitrogens is 3. The van der Waals surface area contributed by atoms with Crippen molar-refractivity contribution >= 4 is 21.5 Å². The van der Waals surface area contributed by atoms with E-state index in [0.29, 0.717) is 12.1 Å². The predicted octanol–water partition coefficient (Wildman–Crippen LogP) is 1.58. The summed E-state index contributed by atoms with van der Waals surface area (Å²) >= 11 is 0. The molecule has 4 rings (SSSR count). The van der Waals surface area contributed by atoms with E-state index in [4.69, 9.17) is 0 Å². The molecule has 12 heteroatoms. The molecule has 1 aliphatic heterocycles. The number of fused-ring (bicyclic) bond motifs is 1. The first-order valence-corrected chi connectivity index (χ1v) is 11.2.